The number of hydrogen-bond donors (Lipinski definition) is 0. The molecule has 0 heterocycles. The summed E-state index contributed by atoms with van der Waals surface area (Å²) in [6, 6.07) is 0. The molecule has 0 radical (unpaired) electrons. The maximum atomic E-state index is 12.2. The fourth-order valence-corrected chi connectivity index (χ4v) is 2.95. The molecule has 1 rings (SSSR count). The summed E-state index contributed by atoms with van der Waals surface area (Å²) >= 11 is 0. The monoisotopic (exact) mass is 295 g/mol. The Morgan fingerprint density at radius 2 is 2.00 bits per heavy atom. The molecule has 4 heteroatoms. The molecule has 0 atom stereocenters. The van der Waals surface area contributed by atoms with Crippen LogP contribution in [0.15, 0.2) is 12.7 Å². The first-order valence-corrected chi connectivity index (χ1v) is 8.21. The largest absolute Gasteiger partial charge is 0.465 e. The van der Waals surface area contributed by atoms with Gasteiger partial charge in [0.1, 0.15) is 6.54 Å². The quantitative estimate of drug-likeness (QED) is 0.484. The third-order valence-corrected chi connectivity index (χ3v) is 4.06. The van der Waals surface area contributed by atoms with Gasteiger partial charge in [0.25, 0.3) is 0 Å². The Bertz CT molecular complexity index is 335. The van der Waals surface area contributed by atoms with E-state index in [1.807, 2.05) is 0 Å². The number of carbonyl (C=O) groups excluding carboxylic acids is 2. The molecule has 0 aromatic rings. The lowest BCUT2D eigenvalue weighted by Gasteiger charge is -2.23. The second-order valence-corrected chi connectivity index (χ2v) is 5.76. The van der Waals surface area contributed by atoms with Crippen molar-refractivity contribution in [3.05, 3.63) is 12.7 Å². The maximum absolute atomic E-state index is 12.2. The van der Waals surface area contributed by atoms with Gasteiger partial charge >= 0.3 is 5.97 Å². The number of hydrogen-bond acceptors (Lipinski definition) is 3. The molecule has 120 valence electrons. The molecular formula is C17H29NO3. The number of amides is 1. The van der Waals surface area contributed by atoms with E-state index < -0.39 is 0 Å². The number of rotatable bonds is 9. The zero-order valence-corrected chi connectivity index (χ0v) is 13.3. The lowest BCUT2D eigenvalue weighted by atomic mass is 9.86. The Hall–Kier alpha value is -1.32. The molecule has 1 aliphatic carbocycles. The van der Waals surface area contributed by atoms with E-state index in [4.69, 9.17) is 4.74 Å². The van der Waals surface area contributed by atoms with Gasteiger partial charge in [0.2, 0.25) is 5.91 Å². The molecule has 0 aromatic heterocycles. The van der Waals surface area contributed by atoms with E-state index in [0.717, 1.165) is 18.8 Å². The van der Waals surface area contributed by atoms with E-state index in [1.165, 1.54) is 37.0 Å². The van der Waals surface area contributed by atoms with Crippen molar-refractivity contribution in [1.29, 1.82) is 0 Å². The average molecular weight is 295 g/mol. The summed E-state index contributed by atoms with van der Waals surface area (Å²) < 4.78 is 4.90. The average Bonchev–Trinajstić information content (AvgIpc) is 2.48. The molecule has 0 aliphatic heterocycles. The second kappa shape index (κ2) is 10.4. The van der Waals surface area contributed by atoms with Crippen LogP contribution in [0.4, 0.5) is 0 Å². The number of esters is 1. The van der Waals surface area contributed by atoms with E-state index in [-0.39, 0.29) is 18.4 Å². The van der Waals surface area contributed by atoms with Crippen LogP contribution in [-0.2, 0) is 14.3 Å². The Kier molecular flexibility index (Phi) is 8.79. The summed E-state index contributed by atoms with van der Waals surface area (Å²) in [7, 11) is 0. The van der Waals surface area contributed by atoms with Gasteiger partial charge in [0.15, 0.2) is 0 Å². The van der Waals surface area contributed by atoms with E-state index in [0.29, 0.717) is 19.6 Å². The Labute approximate surface area is 128 Å². The van der Waals surface area contributed by atoms with Crippen molar-refractivity contribution in [2.24, 2.45) is 5.92 Å². The predicted molar refractivity (Wildman–Crippen MR) is 83.8 cm³/mol. The van der Waals surface area contributed by atoms with E-state index in [9.17, 15) is 9.59 Å². The molecule has 1 amide bonds. The Morgan fingerprint density at radius 3 is 2.62 bits per heavy atom. The van der Waals surface area contributed by atoms with Crippen molar-refractivity contribution in [1.82, 2.24) is 4.90 Å². The van der Waals surface area contributed by atoms with Gasteiger partial charge in [-0.3, -0.25) is 9.59 Å². The molecular weight excluding hydrogens is 266 g/mol. The van der Waals surface area contributed by atoms with Crippen molar-refractivity contribution in [3.8, 4) is 0 Å². The summed E-state index contributed by atoms with van der Waals surface area (Å²) in [5.41, 5.74) is 0. The molecule has 0 spiro atoms. The molecule has 0 aromatic carbocycles. The van der Waals surface area contributed by atoms with Crippen LogP contribution in [0, 0.1) is 5.92 Å². The number of carbonyl (C=O) groups is 2. The maximum Gasteiger partial charge on any atom is 0.325 e. The van der Waals surface area contributed by atoms with Crippen LogP contribution in [0.2, 0.25) is 0 Å². The normalized spacial score (nSPS) is 15.5. The summed E-state index contributed by atoms with van der Waals surface area (Å²) in [6.07, 6.45) is 10.9. The third kappa shape index (κ3) is 7.30. The predicted octanol–water partition coefficient (Wildman–Crippen LogP) is 3.31. The van der Waals surface area contributed by atoms with Crippen LogP contribution < -0.4 is 0 Å². The van der Waals surface area contributed by atoms with Crippen LogP contribution in [0.3, 0.4) is 0 Å². The van der Waals surface area contributed by atoms with Gasteiger partial charge in [0.05, 0.1) is 6.61 Å². The van der Waals surface area contributed by atoms with Crippen molar-refractivity contribution in [3.63, 3.8) is 0 Å². The van der Waals surface area contributed by atoms with E-state index >= 15 is 0 Å². The van der Waals surface area contributed by atoms with E-state index in [1.54, 1.807) is 13.0 Å². The van der Waals surface area contributed by atoms with Crippen LogP contribution in [0.1, 0.15) is 58.3 Å². The van der Waals surface area contributed by atoms with E-state index in [2.05, 4.69) is 6.58 Å². The highest BCUT2D eigenvalue weighted by Gasteiger charge is 2.18. The van der Waals surface area contributed by atoms with Gasteiger partial charge in [-0.1, -0.05) is 38.2 Å². The minimum atomic E-state index is -0.347. The van der Waals surface area contributed by atoms with Crippen LogP contribution in [0.25, 0.3) is 0 Å². The molecule has 21 heavy (non-hydrogen) atoms. The highest BCUT2D eigenvalue weighted by Crippen LogP contribution is 2.27. The van der Waals surface area contributed by atoms with Gasteiger partial charge < -0.3 is 9.64 Å². The molecule has 0 bridgehead atoms. The first kappa shape index (κ1) is 17.7. The molecule has 0 unspecified atom stereocenters. The van der Waals surface area contributed by atoms with Crippen LogP contribution >= 0.6 is 0 Å². The van der Waals surface area contributed by atoms with Crippen LogP contribution in [-0.4, -0.2) is 36.5 Å². The zero-order chi connectivity index (χ0) is 15.5. The summed E-state index contributed by atoms with van der Waals surface area (Å²) in [4.78, 5) is 25.2. The highest BCUT2D eigenvalue weighted by molar-refractivity contribution is 5.82. The summed E-state index contributed by atoms with van der Waals surface area (Å²) in [6.45, 7) is 6.19. The molecule has 4 nitrogen and oxygen atoms in total. The number of ether oxygens (including phenoxy) is 1. The first-order chi connectivity index (χ1) is 10.2. The topological polar surface area (TPSA) is 46.6 Å². The first-order valence-electron chi connectivity index (χ1n) is 8.21. The van der Waals surface area contributed by atoms with Gasteiger partial charge in [-0.2, -0.15) is 0 Å². The van der Waals surface area contributed by atoms with Crippen LogP contribution in [0.5, 0.6) is 0 Å². The minimum Gasteiger partial charge on any atom is -0.465 e. The SMILES string of the molecule is C=CCN(CC(=O)OCC)C(=O)CCCC1CCCCC1. The standard InChI is InChI=1S/C17H29NO3/c1-3-13-18(14-17(20)21-4-2)16(19)12-8-11-15-9-6-5-7-10-15/h3,15H,1,4-14H2,2H3. The lowest BCUT2D eigenvalue weighted by Crippen LogP contribution is -2.36. The third-order valence-electron chi connectivity index (χ3n) is 4.06. The van der Waals surface area contributed by atoms with Crippen molar-refractivity contribution >= 4 is 11.9 Å². The lowest BCUT2D eigenvalue weighted by molar-refractivity contribution is -0.148. The molecule has 0 saturated heterocycles. The Morgan fingerprint density at radius 1 is 1.29 bits per heavy atom. The van der Waals surface area contributed by atoms with Crippen molar-refractivity contribution in [2.45, 2.75) is 58.3 Å². The number of nitrogens with zero attached hydrogens (tertiary/aromatic N) is 1. The van der Waals surface area contributed by atoms with Gasteiger partial charge in [-0.05, 0) is 25.7 Å². The molecule has 1 saturated carbocycles. The van der Waals surface area contributed by atoms with Crippen molar-refractivity contribution in [2.75, 3.05) is 19.7 Å². The summed E-state index contributed by atoms with van der Waals surface area (Å²) in [5, 5.41) is 0. The zero-order valence-electron chi connectivity index (χ0n) is 13.3. The van der Waals surface area contributed by atoms with Crippen molar-refractivity contribution < 1.29 is 14.3 Å². The molecule has 0 N–H and O–H groups in total. The smallest absolute Gasteiger partial charge is 0.325 e. The summed E-state index contributed by atoms with van der Waals surface area (Å²) in [5.74, 6) is 0.475. The second-order valence-electron chi connectivity index (χ2n) is 5.76. The molecule has 1 aliphatic rings. The highest BCUT2D eigenvalue weighted by atomic mass is 16.5. The minimum absolute atomic E-state index is 0.0266. The fraction of sp³-hybridized carbons (Fsp3) is 0.765. The van der Waals surface area contributed by atoms with Gasteiger partial charge in [-0.15, -0.1) is 6.58 Å². The fourth-order valence-electron chi connectivity index (χ4n) is 2.95. The molecule has 1 fully saturated rings. The van der Waals surface area contributed by atoms with Gasteiger partial charge in [-0.25, -0.2) is 0 Å². The van der Waals surface area contributed by atoms with Gasteiger partial charge in [0, 0.05) is 13.0 Å². The Balaban J connectivity index is 2.30.